The number of carbonyl (C=O) groups excluding carboxylic acids is 2. The molecule has 2 aliphatic rings. The van der Waals surface area contributed by atoms with Crippen LogP contribution in [-0.4, -0.2) is 58.6 Å². The first kappa shape index (κ1) is 27.7. The van der Waals surface area contributed by atoms with Gasteiger partial charge in [0.05, 0.1) is 24.4 Å². The fraction of sp³-hybridized carbons (Fsp3) is 0.379. The highest BCUT2D eigenvalue weighted by Crippen LogP contribution is 2.40. The average Bonchev–Trinajstić information content (AvgIpc) is 3.21. The summed E-state index contributed by atoms with van der Waals surface area (Å²) in [6.07, 6.45) is 3.18. The molecule has 4 N–H and O–H groups in total. The third-order valence-corrected chi connectivity index (χ3v) is 7.98. The van der Waals surface area contributed by atoms with E-state index in [1.165, 1.54) is 6.20 Å². The predicted octanol–water partition coefficient (Wildman–Crippen LogP) is 4.42. The van der Waals surface area contributed by atoms with E-state index in [4.69, 9.17) is 21.4 Å². The van der Waals surface area contributed by atoms with Gasteiger partial charge in [-0.1, -0.05) is 29.8 Å². The van der Waals surface area contributed by atoms with Crippen LogP contribution in [0.1, 0.15) is 49.3 Å². The minimum atomic E-state index is -0.633. The summed E-state index contributed by atoms with van der Waals surface area (Å²) in [4.78, 5) is 34.9. The molecule has 2 aromatic carbocycles. The van der Waals surface area contributed by atoms with E-state index in [1.54, 1.807) is 12.0 Å². The van der Waals surface area contributed by atoms with E-state index in [0.717, 1.165) is 35.2 Å². The molecule has 0 saturated carbocycles. The van der Waals surface area contributed by atoms with Crippen LogP contribution in [0.4, 0.5) is 23.1 Å². The topological polar surface area (TPSA) is 129 Å². The number of hydrogen-bond acceptors (Lipinski definition) is 8. The Morgan fingerprint density at radius 2 is 2.02 bits per heavy atom. The molecule has 0 aliphatic carbocycles. The lowest BCUT2D eigenvalue weighted by molar-refractivity contribution is -0.135. The third-order valence-electron chi connectivity index (χ3n) is 7.71. The molecule has 11 heteroatoms. The number of ether oxygens (including phenoxy) is 1. The fourth-order valence-electron chi connectivity index (χ4n) is 5.46. The summed E-state index contributed by atoms with van der Waals surface area (Å²) in [6, 6.07) is 11.8. The Balaban J connectivity index is 1.29. The van der Waals surface area contributed by atoms with E-state index >= 15 is 0 Å². The highest BCUT2D eigenvalue weighted by Gasteiger charge is 2.39. The number of carbonyl (C=O) groups is 2. The maximum atomic E-state index is 12.4. The maximum absolute atomic E-state index is 12.4. The lowest BCUT2D eigenvalue weighted by Gasteiger charge is -2.32. The van der Waals surface area contributed by atoms with Gasteiger partial charge in [-0.15, -0.1) is 0 Å². The van der Waals surface area contributed by atoms with Crippen molar-refractivity contribution in [3.05, 3.63) is 64.3 Å². The van der Waals surface area contributed by atoms with Gasteiger partial charge in [0, 0.05) is 25.3 Å². The van der Waals surface area contributed by atoms with E-state index in [9.17, 15) is 9.59 Å². The SMILES string of the molecule is COc1cc(C2CCN(C(=O)CO)CC2)ccc1Nc1ncc(Cl)c(NCc2cccc3c2C(C)(C)C(=O)N3)n1. The molecule has 2 aliphatic heterocycles. The van der Waals surface area contributed by atoms with E-state index in [0.29, 0.717) is 53.8 Å². The van der Waals surface area contributed by atoms with Crippen LogP contribution in [-0.2, 0) is 21.5 Å². The monoisotopic (exact) mass is 564 g/mol. The molecule has 1 fully saturated rings. The number of amides is 2. The summed E-state index contributed by atoms with van der Waals surface area (Å²) in [7, 11) is 1.61. The molecule has 2 amide bonds. The largest absolute Gasteiger partial charge is 0.495 e. The third kappa shape index (κ3) is 5.41. The minimum absolute atomic E-state index is 0.0243. The van der Waals surface area contributed by atoms with Crippen molar-refractivity contribution in [2.24, 2.45) is 0 Å². The standard InChI is InChI=1S/C29H33ClN6O4/c1-29(2)25-19(5-4-6-22(25)33-27(29)39)14-31-26-20(30)15-32-28(35-26)34-21-8-7-18(13-23(21)40-3)17-9-11-36(12-10-17)24(38)16-37/h4-8,13,15,17,37H,9-12,14,16H2,1-3H3,(H,33,39)(H2,31,32,34,35). The van der Waals surface area contributed by atoms with Crippen molar-refractivity contribution in [2.45, 2.75) is 44.6 Å². The zero-order valence-corrected chi connectivity index (χ0v) is 23.5. The molecule has 40 heavy (non-hydrogen) atoms. The predicted molar refractivity (Wildman–Crippen MR) is 154 cm³/mol. The smallest absolute Gasteiger partial charge is 0.248 e. The molecular weight excluding hydrogens is 532 g/mol. The van der Waals surface area contributed by atoms with E-state index in [-0.39, 0.29) is 11.8 Å². The Labute approximate surface area is 238 Å². The Kier molecular flexibility index (Phi) is 7.82. The number of aliphatic hydroxyl groups is 1. The highest BCUT2D eigenvalue weighted by molar-refractivity contribution is 6.32. The Hall–Kier alpha value is -3.89. The van der Waals surface area contributed by atoms with Crippen LogP contribution < -0.4 is 20.7 Å². The van der Waals surface area contributed by atoms with Crippen molar-refractivity contribution < 1.29 is 19.4 Å². The van der Waals surface area contributed by atoms with Gasteiger partial charge in [0.15, 0.2) is 5.82 Å². The maximum Gasteiger partial charge on any atom is 0.248 e. The van der Waals surface area contributed by atoms with E-state index < -0.39 is 12.0 Å². The number of benzene rings is 2. The van der Waals surface area contributed by atoms with Gasteiger partial charge < -0.3 is 30.7 Å². The zero-order valence-electron chi connectivity index (χ0n) is 22.8. The number of nitrogens with zero attached hydrogens (tertiary/aromatic N) is 3. The number of piperidine rings is 1. The summed E-state index contributed by atoms with van der Waals surface area (Å²) in [6.45, 7) is 5.05. The first-order valence-electron chi connectivity index (χ1n) is 13.2. The number of hydrogen-bond donors (Lipinski definition) is 4. The van der Waals surface area contributed by atoms with Crippen LogP contribution in [0.15, 0.2) is 42.6 Å². The molecule has 3 aromatic rings. The van der Waals surface area contributed by atoms with Crippen LogP contribution in [0.25, 0.3) is 0 Å². The minimum Gasteiger partial charge on any atom is -0.495 e. The van der Waals surface area contributed by atoms with Crippen molar-refractivity contribution >= 4 is 46.6 Å². The number of halogens is 1. The highest BCUT2D eigenvalue weighted by atomic mass is 35.5. The second kappa shape index (κ2) is 11.3. The number of aliphatic hydroxyl groups excluding tert-OH is 1. The van der Waals surface area contributed by atoms with E-state index in [1.807, 2.05) is 50.2 Å². The van der Waals surface area contributed by atoms with Crippen molar-refractivity contribution in [1.29, 1.82) is 0 Å². The Morgan fingerprint density at radius 3 is 2.75 bits per heavy atom. The van der Waals surface area contributed by atoms with Gasteiger partial charge in [-0.2, -0.15) is 4.98 Å². The Morgan fingerprint density at radius 1 is 1.25 bits per heavy atom. The second-order valence-corrected chi connectivity index (χ2v) is 11.0. The summed E-state index contributed by atoms with van der Waals surface area (Å²) in [5, 5.41) is 19.0. The summed E-state index contributed by atoms with van der Waals surface area (Å²) < 4.78 is 5.67. The molecule has 10 nitrogen and oxygen atoms in total. The lowest BCUT2D eigenvalue weighted by Crippen LogP contribution is -2.39. The van der Waals surface area contributed by atoms with Crippen molar-refractivity contribution in [3.8, 4) is 5.75 Å². The van der Waals surface area contributed by atoms with Gasteiger partial charge in [-0.3, -0.25) is 9.59 Å². The van der Waals surface area contributed by atoms with Gasteiger partial charge in [0.2, 0.25) is 17.8 Å². The quantitative estimate of drug-likeness (QED) is 0.316. The molecule has 1 saturated heterocycles. The van der Waals surface area contributed by atoms with Gasteiger partial charge >= 0.3 is 0 Å². The van der Waals surface area contributed by atoms with Crippen molar-refractivity contribution in [1.82, 2.24) is 14.9 Å². The van der Waals surface area contributed by atoms with Crippen LogP contribution in [0.3, 0.4) is 0 Å². The molecular formula is C29H33ClN6O4. The molecule has 0 unspecified atom stereocenters. The molecule has 0 bridgehead atoms. The van der Waals surface area contributed by atoms with Crippen LogP contribution in [0.5, 0.6) is 5.75 Å². The van der Waals surface area contributed by atoms with Gasteiger partial charge in [-0.25, -0.2) is 4.98 Å². The number of fused-ring (bicyclic) bond motifs is 1. The first-order valence-corrected chi connectivity index (χ1v) is 13.6. The number of rotatable bonds is 8. The van der Waals surface area contributed by atoms with Gasteiger partial charge in [-0.05, 0) is 67.5 Å². The van der Waals surface area contributed by atoms with Crippen LogP contribution in [0.2, 0.25) is 5.02 Å². The summed E-state index contributed by atoms with van der Waals surface area (Å²) in [5.41, 5.74) is 3.97. The van der Waals surface area contributed by atoms with Crippen LogP contribution in [0, 0.1) is 0 Å². The number of likely N-dealkylation sites (tertiary alicyclic amines) is 1. The number of aromatic nitrogens is 2. The first-order chi connectivity index (χ1) is 19.2. The second-order valence-electron chi connectivity index (χ2n) is 10.6. The molecule has 0 atom stereocenters. The molecule has 0 radical (unpaired) electrons. The summed E-state index contributed by atoms with van der Waals surface area (Å²) in [5.74, 6) is 1.51. The molecule has 0 spiro atoms. The molecule has 210 valence electrons. The van der Waals surface area contributed by atoms with Gasteiger partial charge in [0.1, 0.15) is 17.4 Å². The number of methoxy groups -OCH3 is 1. The van der Waals surface area contributed by atoms with E-state index in [2.05, 4.69) is 25.9 Å². The number of anilines is 4. The number of nitrogens with one attached hydrogen (secondary N) is 3. The summed E-state index contributed by atoms with van der Waals surface area (Å²) >= 11 is 6.42. The van der Waals surface area contributed by atoms with Gasteiger partial charge in [0.25, 0.3) is 0 Å². The molecule has 3 heterocycles. The van der Waals surface area contributed by atoms with Crippen molar-refractivity contribution in [3.63, 3.8) is 0 Å². The molecule has 1 aromatic heterocycles. The fourth-order valence-corrected chi connectivity index (χ4v) is 5.62. The normalized spacial score (nSPS) is 16.3. The van der Waals surface area contributed by atoms with Crippen molar-refractivity contribution in [2.75, 3.05) is 42.8 Å². The average molecular weight is 565 g/mol. The Bertz CT molecular complexity index is 1440. The van der Waals surface area contributed by atoms with Crippen LogP contribution >= 0.6 is 11.6 Å². The lowest BCUT2D eigenvalue weighted by atomic mass is 9.83. The molecule has 5 rings (SSSR count). The zero-order chi connectivity index (χ0) is 28.4.